The quantitative estimate of drug-likeness (QED) is 0.439. The fourth-order valence-electron chi connectivity index (χ4n) is 1.31. The van der Waals surface area contributed by atoms with Crippen LogP contribution in [0.4, 0.5) is 5.82 Å². The molecule has 5 N–H and O–H groups in total. The van der Waals surface area contributed by atoms with Crippen molar-refractivity contribution in [2.45, 2.75) is 6.54 Å². The lowest BCUT2D eigenvalue weighted by atomic mass is 10.2. The first-order valence-corrected chi connectivity index (χ1v) is 4.51. The first kappa shape index (κ1) is 11.4. The Morgan fingerprint density at radius 1 is 1.67 bits per heavy atom. The Kier molecular flexibility index (Phi) is 4.02. The molecule has 82 valence electrons. The SMILES string of the molecule is CN(CC(N)=O)Cc1cccnc1NN. The Morgan fingerprint density at radius 3 is 3.00 bits per heavy atom. The summed E-state index contributed by atoms with van der Waals surface area (Å²) in [6.45, 7) is 0.773. The molecule has 0 aliphatic heterocycles. The highest BCUT2D eigenvalue weighted by Crippen LogP contribution is 2.11. The number of nitrogens with two attached hydrogens (primary N) is 2. The third-order valence-corrected chi connectivity index (χ3v) is 1.89. The maximum absolute atomic E-state index is 10.7. The molecule has 0 aromatic carbocycles. The topological polar surface area (TPSA) is 97.3 Å². The number of primary amides is 1. The van der Waals surface area contributed by atoms with Gasteiger partial charge in [0.05, 0.1) is 6.54 Å². The summed E-state index contributed by atoms with van der Waals surface area (Å²) in [5.41, 5.74) is 8.50. The molecule has 0 spiro atoms. The summed E-state index contributed by atoms with van der Waals surface area (Å²) < 4.78 is 0. The van der Waals surface area contributed by atoms with Crippen molar-refractivity contribution < 1.29 is 4.79 Å². The summed E-state index contributed by atoms with van der Waals surface area (Å²) in [6, 6.07) is 3.70. The number of nitrogen functional groups attached to an aromatic ring is 1. The zero-order valence-electron chi connectivity index (χ0n) is 8.60. The number of likely N-dealkylation sites (N-methyl/N-ethyl adjacent to an activating group) is 1. The van der Waals surface area contributed by atoms with Gasteiger partial charge in [0.1, 0.15) is 5.82 Å². The van der Waals surface area contributed by atoms with Gasteiger partial charge < -0.3 is 11.2 Å². The van der Waals surface area contributed by atoms with E-state index in [2.05, 4.69) is 10.4 Å². The first-order valence-electron chi connectivity index (χ1n) is 4.51. The van der Waals surface area contributed by atoms with Crippen molar-refractivity contribution in [1.82, 2.24) is 9.88 Å². The number of rotatable bonds is 5. The van der Waals surface area contributed by atoms with E-state index in [9.17, 15) is 4.79 Å². The number of hydrazine groups is 1. The lowest BCUT2D eigenvalue weighted by Crippen LogP contribution is -2.30. The molecule has 1 aromatic rings. The Morgan fingerprint density at radius 2 is 2.40 bits per heavy atom. The number of amides is 1. The molecule has 0 unspecified atom stereocenters. The fraction of sp³-hybridized carbons (Fsp3) is 0.333. The standard InChI is InChI=1S/C9H15N5O/c1-14(6-8(10)15)5-7-3-2-4-12-9(7)13-11/h2-4H,5-6,11H2,1H3,(H2,10,15)(H,12,13). The van der Waals surface area contributed by atoms with Gasteiger partial charge in [-0.2, -0.15) is 0 Å². The van der Waals surface area contributed by atoms with E-state index in [-0.39, 0.29) is 12.5 Å². The number of nitrogens with one attached hydrogen (secondary N) is 1. The van der Waals surface area contributed by atoms with E-state index in [0.717, 1.165) is 5.56 Å². The van der Waals surface area contributed by atoms with Crippen LogP contribution < -0.4 is 17.0 Å². The average molecular weight is 209 g/mol. The van der Waals surface area contributed by atoms with Crippen LogP contribution in [0.3, 0.4) is 0 Å². The molecule has 0 atom stereocenters. The first-order chi connectivity index (χ1) is 7.13. The van der Waals surface area contributed by atoms with Crippen molar-refractivity contribution in [3.05, 3.63) is 23.9 Å². The van der Waals surface area contributed by atoms with Crippen LogP contribution in [0.1, 0.15) is 5.56 Å². The highest BCUT2D eigenvalue weighted by atomic mass is 16.1. The molecule has 0 saturated heterocycles. The fourth-order valence-corrected chi connectivity index (χ4v) is 1.31. The van der Waals surface area contributed by atoms with Crippen LogP contribution in [0, 0.1) is 0 Å². The van der Waals surface area contributed by atoms with Crippen LogP contribution in [-0.4, -0.2) is 29.4 Å². The smallest absolute Gasteiger partial charge is 0.231 e. The van der Waals surface area contributed by atoms with Crippen LogP contribution in [0.2, 0.25) is 0 Å². The summed E-state index contributed by atoms with van der Waals surface area (Å²) >= 11 is 0. The van der Waals surface area contributed by atoms with E-state index in [1.54, 1.807) is 18.1 Å². The normalized spacial score (nSPS) is 10.3. The number of carbonyl (C=O) groups is 1. The molecule has 0 aliphatic rings. The van der Waals surface area contributed by atoms with Crippen molar-refractivity contribution in [1.29, 1.82) is 0 Å². The Hall–Kier alpha value is -1.66. The lowest BCUT2D eigenvalue weighted by molar-refractivity contribution is -0.118. The van der Waals surface area contributed by atoms with E-state index in [1.807, 2.05) is 12.1 Å². The van der Waals surface area contributed by atoms with Gasteiger partial charge in [-0.15, -0.1) is 0 Å². The highest BCUT2D eigenvalue weighted by Gasteiger charge is 2.07. The second-order valence-corrected chi connectivity index (χ2v) is 3.29. The highest BCUT2D eigenvalue weighted by molar-refractivity contribution is 5.75. The number of pyridine rings is 1. The van der Waals surface area contributed by atoms with Crippen LogP contribution in [0.5, 0.6) is 0 Å². The van der Waals surface area contributed by atoms with Crippen LogP contribution in [-0.2, 0) is 11.3 Å². The molecule has 6 nitrogen and oxygen atoms in total. The maximum Gasteiger partial charge on any atom is 0.231 e. The van der Waals surface area contributed by atoms with Crippen LogP contribution in [0.25, 0.3) is 0 Å². The number of anilines is 1. The molecular formula is C9H15N5O. The summed E-state index contributed by atoms with van der Waals surface area (Å²) in [4.78, 5) is 16.5. The van der Waals surface area contributed by atoms with Gasteiger partial charge in [0.25, 0.3) is 0 Å². The number of carbonyl (C=O) groups excluding carboxylic acids is 1. The minimum absolute atomic E-state index is 0.207. The zero-order valence-corrected chi connectivity index (χ0v) is 8.60. The Balaban J connectivity index is 2.67. The van der Waals surface area contributed by atoms with Crippen molar-refractivity contribution in [2.24, 2.45) is 11.6 Å². The summed E-state index contributed by atoms with van der Waals surface area (Å²) in [5, 5.41) is 0. The van der Waals surface area contributed by atoms with Crippen LogP contribution in [0.15, 0.2) is 18.3 Å². The van der Waals surface area contributed by atoms with Gasteiger partial charge in [0, 0.05) is 18.3 Å². The summed E-state index contributed by atoms with van der Waals surface area (Å²) in [6.07, 6.45) is 1.65. The molecule has 1 heterocycles. The predicted molar refractivity (Wildman–Crippen MR) is 57.6 cm³/mol. The molecular weight excluding hydrogens is 194 g/mol. The molecule has 1 amide bonds. The van der Waals surface area contributed by atoms with Gasteiger partial charge >= 0.3 is 0 Å². The number of hydrogen-bond acceptors (Lipinski definition) is 5. The lowest BCUT2D eigenvalue weighted by Gasteiger charge is -2.16. The zero-order chi connectivity index (χ0) is 11.3. The molecule has 0 aliphatic carbocycles. The molecule has 1 aromatic heterocycles. The maximum atomic E-state index is 10.7. The second kappa shape index (κ2) is 5.28. The van der Waals surface area contributed by atoms with Gasteiger partial charge in [0.15, 0.2) is 0 Å². The molecule has 6 heteroatoms. The molecule has 0 bridgehead atoms. The Bertz CT molecular complexity index is 341. The Labute approximate surface area is 88.2 Å². The van der Waals surface area contributed by atoms with Gasteiger partial charge in [-0.1, -0.05) is 6.07 Å². The monoisotopic (exact) mass is 209 g/mol. The van der Waals surface area contributed by atoms with E-state index < -0.39 is 0 Å². The van der Waals surface area contributed by atoms with Gasteiger partial charge in [-0.25, -0.2) is 10.8 Å². The van der Waals surface area contributed by atoms with E-state index in [1.165, 1.54) is 0 Å². The largest absolute Gasteiger partial charge is 0.369 e. The molecule has 15 heavy (non-hydrogen) atoms. The van der Waals surface area contributed by atoms with Gasteiger partial charge in [-0.05, 0) is 13.1 Å². The van der Waals surface area contributed by atoms with E-state index in [4.69, 9.17) is 11.6 Å². The van der Waals surface area contributed by atoms with Crippen molar-refractivity contribution in [2.75, 3.05) is 19.0 Å². The molecule has 0 fully saturated rings. The van der Waals surface area contributed by atoms with Gasteiger partial charge in [0.2, 0.25) is 5.91 Å². The number of nitrogens with zero attached hydrogens (tertiary/aromatic N) is 2. The molecule has 1 rings (SSSR count). The molecule has 0 radical (unpaired) electrons. The molecule has 0 saturated carbocycles. The summed E-state index contributed by atoms with van der Waals surface area (Å²) in [5.74, 6) is 5.55. The average Bonchev–Trinajstić information content (AvgIpc) is 2.17. The van der Waals surface area contributed by atoms with E-state index in [0.29, 0.717) is 12.4 Å². The number of aromatic nitrogens is 1. The van der Waals surface area contributed by atoms with Crippen molar-refractivity contribution >= 4 is 11.7 Å². The van der Waals surface area contributed by atoms with Crippen LogP contribution >= 0.6 is 0 Å². The second-order valence-electron chi connectivity index (χ2n) is 3.29. The predicted octanol–water partition coefficient (Wildman–Crippen LogP) is -0.716. The third-order valence-electron chi connectivity index (χ3n) is 1.89. The minimum Gasteiger partial charge on any atom is -0.369 e. The van der Waals surface area contributed by atoms with Gasteiger partial charge in [-0.3, -0.25) is 9.69 Å². The van der Waals surface area contributed by atoms with E-state index >= 15 is 0 Å². The minimum atomic E-state index is -0.358. The summed E-state index contributed by atoms with van der Waals surface area (Å²) in [7, 11) is 1.80. The van der Waals surface area contributed by atoms with Crippen molar-refractivity contribution in [3.63, 3.8) is 0 Å². The third kappa shape index (κ3) is 3.53. The number of hydrogen-bond donors (Lipinski definition) is 3. The van der Waals surface area contributed by atoms with Crippen molar-refractivity contribution in [3.8, 4) is 0 Å².